The Morgan fingerprint density at radius 1 is 1.44 bits per heavy atom. The van der Waals surface area contributed by atoms with Gasteiger partial charge in [0, 0.05) is 25.8 Å². The third kappa shape index (κ3) is 6.02. The predicted molar refractivity (Wildman–Crippen MR) is 68.5 cm³/mol. The number of halogens is 1. The van der Waals surface area contributed by atoms with E-state index in [1.165, 1.54) is 6.33 Å². The summed E-state index contributed by atoms with van der Waals surface area (Å²) in [5.74, 6) is 1.44. The van der Waals surface area contributed by atoms with Crippen molar-refractivity contribution < 1.29 is 4.74 Å². The van der Waals surface area contributed by atoms with Crippen molar-refractivity contribution in [2.24, 2.45) is 5.92 Å². The molecule has 0 aliphatic rings. The van der Waals surface area contributed by atoms with Crippen LogP contribution in [0.25, 0.3) is 0 Å². The summed E-state index contributed by atoms with van der Waals surface area (Å²) < 4.78 is 6.27. The highest BCUT2D eigenvalue weighted by Crippen LogP contribution is 2.09. The molecule has 0 bridgehead atoms. The van der Waals surface area contributed by atoms with Crippen molar-refractivity contribution in [1.29, 1.82) is 0 Å². The Morgan fingerprint density at radius 2 is 2.25 bits per heavy atom. The Morgan fingerprint density at radius 3 is 2.94 bits per heavy atom. The molecule has 1 N–H and O–H groups in total. The van der Waals surface area contributed by atoms with Gasteiger partial charge in [-0.2, -0.15) is 0 Å². The highest BCUT2D eigenvalue weighted by molar-refractivity contribution is 9.10. The first kappa shape index (κ1) is 13.4. The summed E-state index contributed by atoms with van der Waals surface area (Å²) in [6, 6.07) is 1.86. The highest BCUT2D eigenvalue weighted by atomic mass is 79.9. The summed E-state index contributed by atoms with van der Waals surface area (Å²) in [6.45, 7) is 6.78. The topological polar surface area (TPSA) is 47.0 Å². The Balaban J connectivity index is 2.07. The maximum atomic E-state index is 5.47. The smallest absolute Gasteiger partial charge is 0.130 e. The number of anilines is 1. The fourth-order valence-corrected chi connectivity index (χ4v) is 1.45. The summed E-state index contributed by atoms with van der Waals surface area (Å²) in [6.07, 6.45) is 2.51. The Labute approximate surface area is 105 Å². The van der Waals surface area contributed by atoms with E-state index in [2.05, 4.69) is 45.1 Å². The number of nitrogens with one attached hydrogen (secondary N) is 1. The molecule has 0 spiro atoms. The molecule has 1 aromatic heterocycles. The van der Waals surface area contributed by atoms with E-state index >= 15 is 0 Å². The summed E-state index contributed by atoms with van der Waals surface area (Å²) in [5.41, 5.74) is 0. The average molecular weight is 288 g/mol. The van der Waals surface area contributed by atoms with Crippen molar-refractivity contribution in [3.63, 3.8) is 0 Å². The van der Waals surface area contributed by atoms with Crippen molar-refractivity contribution in [2.45, 2.75) is 20.3 Å². The molecule has 0 saturated heterocycles. The lowest BCUT2D eigenvalue weighted by atomic mass is 10.2. The van der Waals surface area contributed by atoms with E-state index in [4.69, 9.17) is 4.74 Å². The zero-order chi connectivity index (χ0) is 11.8. The molecule has 0 fully saturated rings. The normalized spacial score (nSPS) is 10.8. The standard InChI is InChI=1S/C11H18BrN3O/c1-9(2)7-16-5-3-4-13-11-6-10(12)14-8-15-11/h6,8-9H,3-5,7H2,1-2H3,(H,13,14,15). The van der Waals surface area contributed by atoms with Gasteiger partial charge in [0.25, 0.3) is 0 Å². The number of hydrogen-bond acceptors (Lipinski definition) is 4. The van der Waals surface area contributed by atoms with E-state index < -0.39 is 0 Å². The molecule has 0 radical (unpaired) electrons. The van der Waals surface area contributed by atoms with Crippen LogP contribution >= 0.6 is 15.9 Å². The van der Waals surface area contributed by atoms with Crippen LogP contribution in [0.5, 0.6) is 0 Å². The van der Waals surface area contributed by atoms with Crippen molar-refractivity contribution in [3.05, 3.63) is 17.0 Å². The zero-order valence-corrected chi connectivity index (χ0v) is 11.3. The molecule has 90 valence electrons. The van der Waals surface area contributed by atoms with Crippen molar-refractivity contribution in [2.75, 3.05) is 25.1 Å². The zero-order valence-electron chi connectivity index (χ0n) is 9.74. The van der Waals surface area contributed by atoms with E-state index in [0.29, 0.717) is 5.92 Å². The molecule has 0 saturated carbocycles. The van der Waals surface area contributed by atoms with Crippen molar-refractivity contribution in [3.8, 4) is 0 Å². The molecule has 0 unspecified atom stereocenters. The second-order valence-corrected chi connectivity index (χ2v) is 4.79. The maximum absolute atomic E-state index is 5.47. The van der Waals surface area contributed by atoms with Gasteiger partial charge in [0.2, 0.25) is 0 Å². The molecule has 4 nitrogen and oxygen atoms in total. The molecule has 0 atom stereocenters. The van der Waals surface area contributed by atoms with Gasteiger partial charge in [0.1, 0.15) is 16.7 Å². The summed E-state index contributed by atoms with van der Waals surface area (Å²) in [4.78, 5) is 8.05. The maximum Gasteiger partial charge on any atom is 0.130 e. The van der Waals surface area contributed by atoms with E-state index in [1.54, 1.807) is 0 Å². The summed E-state index contributed by atoms with van der Waals surface area (Å²) >= 11 is 3.30. The predicted octanol–water partition coefficient (Wildman–Crippen LogP) is 2.71. The van der Waals surface area contributed by atoms with Gasteiger partial charge in [-0.15, -0.1) is 0 Å². The first-order valence-corrected chi connectivity index (χ1v) is 6.27. The molecule has 1 heterocycles. The summed E-state index contributed by atoms with van der Waals surface area (Å²) in [7, 11) is 0. The Bertz CT molecular complexity index is 307. The molecule has 0 aliphatic heterocycles. The van der Waals surface area contributed by atoms with Crippen LogP contribution in [-0.4, -0.2) is 29.7 Å². The molecule has 0 amide bonds. The number of nitrogens with zero attached hydrogens (tertiary/aromatic N) is 2. The molecular formula is C11H18BrN3O. The van der Waals surface area contributed by atoms with Crippen LogP contribution in [0.15, 0.2) is 17.0 Å². The highest BCUT2D eigenvalue weighted by Gasteiger charge is 1.96. The largest absolute Gasteiger partial charge is 0.381 e. The van der Waals surface area contributed by atoms with Gasteiger partial charge < -0.3 is 10.1 Å². The van der Waals surface area contributed by atoms with E-state index in [9.17, 15) is 0 Å². The molecule has 1 aromatic rings. The first-order valence-electron chi connectivity index (χ1n) is 5.47. The Hall–Kier alpha value is -0.680. The molecule has 0 aliphatic carbocycles. The fraction of sp³-hybridized carbons (Fsp3) is 0.636. The minimum atomic E-state index is 0.603. The number of hydrogen-bond donors (Lipinski definition) is 1. The molecule has 1 rings (SSSR count). The third-order valence-electron chi connectivity index (χ3n) is 1.86. The van der Waals surface area contributed by atoms with Crippen LogP contribution in [0, 0.1) is 5.92 Å². The fourth-order valence-electron chi connectivity index (χ4n) is 1.14. The quantitative estimate of drug-likeness (QED) is 0.619. The van der Waals surface area contributed by atoms with Crippen LogP contribution in [0.1, 0.15) is 20.3 Å². The van der Waals surface area contributed by atoms with Gasteiger partial charge in [-0.25, -0.2) is 9.97 Å². The number of ether oxygens (including phenoxy) is 1. The van der Waals surface area contributed by atoms with Crippen LogP contribution in [0.2, 0.25) is 0 Å². The molecule has 0 aromatic carbocycles. The first-order chi connectivity index (χ1) is 7.68. The van der Waals surface area contributed by atoms with Crippen LogP contribution in [0.3, 0.4) is 0 Å². The summed E-state index contributed by atoms with van der Waals surface area (Å²) in [5, 5.41) is 3.21. The van der Waals surface area contributed by atoms with Gasteiger partial charge in [0.05, 0.1) is 0 Å². The van der Waals surface area contributed by atoms with E-state index in [1.807, 2.05) is 6.07 Å². The van der Waals surface area contributed by atoms with Gasteiger partial charge >= 0.3 is 0 Å². The van der Waals surface area contributed by atoms with Crippen molar-refractivity contribution >= 4 is 21.7 Å². The molecule has 16 heavy (non-hydrogen) atoms. The van der Waals surface area contributed by atoms with Crippen LogP contribution < -0.4 is 5.32 Å². The molecular weight excluding hydrogens is 270 g/mol. The van der Waals surface area contributed by atoms with Crippen molar-refractivity contribution in [1.82, 2.24) is 9.97 Å². The van der Waals surface area contributed by atoms with E-state index in [-0.39, 0.29) is 0 Å². The monoisotopic (exact) mass is 287 g/mol. The lowest BCUT2D eigenvalue weighted by Gasteiger charge is -2.07. The van der Waals surface area contributed by atoms with E-state index in [0.717, 1.165) is 36.6 Å². The average Bonchev–Trinajstić information content (AvgIpc) is 2.23. The van der Waals surface area contributed by atoms with Gasteiger partial charge in [-0.3, -0.25) is 0 Å². The third-order valence-corrected chi connectivity index (χ3v) is 2.29. The van der Waals surface area contributed by atoms with Crippen LogP contribution in [0.4, 0.5) is 5.82 Å². The lowest BCUT2D eigenvalue weighted by Crippen LogP contribution is -2.09. The van der Waals surface area contributed by atoms with Gasteiger partial charge in [-0.1, -0.05) is 13.8 Å². The minimum Gasteiger partial charge on any atom is -0.381 e. The second kappa shape index (κ2) is 7.57. The number of rotatable bonds is 7. The second-order valence-electron chi connectivity index (χ2n) is 3.98. The van der Waals surface area contributed by atoms with Crippen LogP contribution in [-0.2, 0) is 4.74 Å². The minimum absolute atomic E-state index is 0.603. The number of aromatic nitrogens is 2. The SMILES string of the molecule is CC(C)COCCCNc1cc(Br)ncn1. The van der Waals surface area contributed by atoms with Gasteiger partial charge in [-0.05, 0) is 28.3 Å². The Kier molecular flexibility index (Phi) is 6.33. The molecule has 5 heteroatoms. The van der Waals surface area contributed by atoms with Gasteiger partial charge in [0.15, 0.2) is 0 Å². The lowest BCUT2D eigenvalue weighted by molar-refractivity contribution is 0.110.